The van der Waals surface area contributed by atoms with E-state index in [2.05, 4.69) is 4.98 Å². The molecule has 0 amide bonds. The summed E-state index contributed by atoms with van der Waals surface area (Å²) >= 11 is 6.15. The zero-order valence-corrected chi connectivity index (χ0v) is 16.0. The van der Waals surface area contributed by atoms with Gasteiger partial charge in [0, 0.05) is 43.3 Å². The van der Waals surface area contributed by atoms with Gasteiger partial charge < -0.3 is 10.5 Å². The summed E-state index contributed by atoms with van der Waals surface area (Å²) in [5.74, 6) is 0.154. The van der Waals surface area contributed by atoms with Crippen LogP contribution >= 0.6 is 11.6 Å². The molecule has 2 N–H and O–H groups in total. The van der Waals surface area contributed by atoms with Crippen LogP contribution in [0.2, 0.25) is 5.15 Å². The molecule has 1 aromatic carbocycles. The van der Waals surface area contributed by atoms with E-state index in [4.69, 9.17) is 22.1 Å². The third-order valence-electron chi connectivity index (χ3n) is 5.89. The second-order valence-corrected chi connectivity index (χ2v) is 9.42. The Morgan fingerprint density at radius 1 is 1.27 bits per heavy atom. The first-order valence-corrected chi connectivity index (χ1v) is 10.6. The highest BCUT2D eigenvalue weighted by Gasteiger charge is 2.50. The molecule has 1 spiro atoms. The van der Waals surface area contributed by atoms with E-state index in [1.54, 1.807) is 28.6 Å². The molecule has 2 aliphatic rings. The second kappa shape index (κ2) is 6.73. The lowest BCUT2D eigenvalue weighted by atomic mass is 9.72. The summed E-state index contributed by atoms with van der Waals surface area (Å²) in [5.41, 5.74) is 5.93. The molecule has 1 aromatic heterocycles. The SMILES string of the molecule is NCC1CN(S(=O)(=O)c2cccc3c(Cl)nccc23)CC12CCOCC2. The van der Waals surface area contributed by atoms with Crippen molar-refractivity contribution < 1.29 is 13.2 Å². The summed E-state index contributed by atoms with van der Waals surface area (Å²) in [4.78, 5) is 4.33. The van der Waals surface area contributed by atoms with Crippen LogP contribution in [-0.2, 0) is 14.8 Å². The molecule has 6 nitrogen and oxygen atoms in total. The number of sulfonamides is 1. The number of hydrogen-bond donors (Lipinski definition) is 1. The molecular weight excluding hydrogens is 374 g/mol. The molecule has 4 rings (SSSR count). The molecule has 26 heavy (non-hydrogen) atoms. The molecular formula is C18H22ClN3O3S. The minimum atomic E-state index is -3.65. The van der Waals surface area contributed by atoms with Crippen LogP contribution in [0.1, 0.15) is 12.8 Å². The highest BCUT2D eigenvalue weighted by atomic mass is 35.5. The van der Waals surface area contributed by atoms with E-state index in [9.17, 15) is 8.42 Å². The first-order chi connectivity index (χ1) is 12.5. The second-order valence-electron chi connectivity index (χ2n) is 7.16. The van der Waals surface area contributed by atoms with Crippen molar-refractivity contribution in [3.8, 4) is 0 Å². The van der Waals surface area contributed by atoms with E-state index < -0.39 is 10.0 Å². The smallest absolute Gasteiger partial charge is 0.243 e. The Bertz CT molecular complexity index is 928. The van der Waals surface area contributed by atoms with Gasteiger partial charge in [-0.25, -0.2) is 13.4 Å². The highest BCUT2D eigenvalue weighted by Crippen LogP contribution is 2.45. The van der Waals surface area contributed by atoms with Crippen LogP contribution in [0.25, 0.3) is 10.8 Å². The first-order valence-electron chi connectivity index (χ1n) is 8.79. The van der Waals surface area contributed by atoms with Gasteiger partial charge in [-0.2, -0.15) is 4.31 Å². The molecule has 0 bridgehead atoms. The van der Waals surface area contributed by atoms with Crippen LogP contribution in [0.15, 0.2) is 35.4 Å². The standard InChI is InChI=1S/C18H22ClN3O3S/c19-17-15-2-1-3-16(14(15)4-7-21-17)26(23,24)22-11-13(10-20)18(12-22)5-8-25-9-6-18/h1-4,7,13H,5-6,8-12,20H2. The minimum absolute atomic E-state index is 0.0795. The van der Waals surface area contributed by atoms with E-state index in [0.717, 1.165) is 12.8 Å². The summed E-state index contributed by atoms with van der Waals surface area (Å²) in [7, 11) is -3.65. The summed E-state index contributed by atoms with van der Waals surface area (Å²) in [6, 6.07) is 6.84. The van der Waals surface area contributed by atoms with Crippen LogP contribution in [0.5, 0.6) is 0 Å². The molecule has 8 heteroatoms. The van der Waals surface area contributed by atoms with Gasteiger partial charge in [0.1, 0.15) is 5.15 Å². The molecule has 2 saturated heterocycles. The van der Waals surface area contributed by atoms with Gasteiger partial charge in [-0.15, -0.1) is 0 Å². The van der Waals surface area contributed by atoms with Crippen molar-refractivity contribution in [3.63, 3.8) is 0 Å². The average molecular weight is 396 g/mol. The quantitative estimate of drug-likeness (QED) is 0.805. The predicted molar refractivity (Wildman–Crippen MR) is 101 cm³/mol. The Balaban J connectivity index is 1.75. The van der Waals surface area contributed by atoms with Crippen LogP contribution in [-0.4, -0.2) is 50.6 Å². The maximum absolute atomic E-state index is 13.4. The van der Waals surface area contributed by atoms with Crippen molar-refractivity contribution in [1.29, 1.82) is 0 Å². The van der Waals surface area contributed by atoms with Gasteiger partial charge in [0.15, 0.2) is 0 Å². The monoisotopic (exact) mass is 395 g/mol. The van der Waals surface area contributed by atoms with Crippen molar-refractivity contribution in [1.82, 2.24) is 9.29 Å². The summed E-state index contributed by atoms with van der Waals surface area (Å²) in [5, 5.41) is 1.55. The Hall–Kier alpha value is -1.25. The molecule has 2 aliphatic heterocycles. The van der Waals surface area contributed by atoms with Crippen LogP contribution < -0.4 is 5.73 Å². The third kappa shape index (κ3) is 2.82. The van der Waals surface area contributed by atoms with Crippen molar-refractivity contribution in [2.75, 3.05) is 32.8 Å². The third-order valence-corrected chi connectivity index (χ3v) is 8.06. The highest BCUT2D eigenvalue weighted by molar-refractivity contribution is 7.89. The molecule has 2 aromatic rings. The molecule has 0 saturated carbocycles. The van der Waals surface area contributed by atoms with E-state index in [1.807, 2.05) is 0 Å². The number of halogens is 1. The lowest BCUT2D eigenvalue weighted by molar-refractivity contribution is 0.00294. The number of pyridine rings is 1. The van der Waals surface area contributed by atoms with E-state index in [1.165, 1.54) is 6.20 Å². The Morgan fingerprint density at radius 3 is 2.77 bits per heavy atom. The normalized spacial score (nSPS) is 23.7. The van der Waals surface area contributed by atoms with Gasteiger partial charge >= 0.3 is 0 Å². The van der Waals surface area contributed by atoms with Gasteiger partial charge in [0.25, 0.3) is 0 Å². The van der Waals surface area contributed by atoms with E-state index in [0.29, 0.717) is 48.8 Å². The maximum atomic E-state index is 13.4. The van der Waals surface area contributed by atoms with Crippen molar-refractivity contribution >= 4 is 32.4 Å². The van der Waals surface area contributed by atoms with Crippen LogP contribution in [0.4, 0.5) is 0 Å². The zero-order valence-electron chi connectivity index (χ0n) is 14.4. The van der Waals surface area contributed by atoms with Crippen molar-refractivity contribution in [2.45, 2.75) is 17.7 Å². The molecule has 0 radical (unpaired) electrons. The fraction of sp³-hybridized carbons (Fsp3) is 0.500. The number of nitrogens with two attached hydrogens (primary N) is 1. The predicted octanol–water partition coefficient (Wildman–Crippen LogP) is 2.26. The van der Waals surface area contributed by atoms with Gasteiger partial charge in [0.05, 0.1) is 4.90 Å². The van der Waals surface area contributed by atoms with Gasteiger partial charge in [0.2, 0.25) is 10.0 Å². The number of rotatable bonds is 3. The van der Waals surface area contributed by atoms with Crippen molar-refractivity contribution in [2.24, 2.45) is 17.1 Å². The molecule has 3 heterocycles. The van der Waals surface area contributed by atoms with Crippen molar-refractivity contribution in [3.05, 3.63) is 35.6 Å². The summed E-state index contributed by atoms with van der Waals surface area (Å²) in [6.07, 6.45) is 3.24. The lowest BCUT2D eigenvalue weighted by Gasteiger charge is -2.37. The van der Waals surface area contributed by atoms with Gasteiger partial charge in [-0.3, -0.25) is 0 Å². The average Bonchev–Trinajstić information content (AvgIpc) is 3.01. The minimum Gasteiger partial charge on any atom is -0.381 e. The number of ether oxygens (including phenoxy) is 1. The topological polar surface area (TPSA) is 85.5 Å². The van der Waals surface area contributed by atoms with Crippen LogP contribution in [0.3, 0.4) is 0 Å². The summed E-state index contributed by atoms with van der Waals surface area (Å²) in [6.45, 7) is 2.76. The fourth-order valence-corrected chi connectivity index (χ4v) is 6.35. The first kappa shape index (κ1) is 18.1. The van der Waals surface area contributed by atoms with E-state index in [-0.39, 0.29) is 16.2 Å². The fourth-order valence-electron chi connectivity index (χ4n) is 4.34. The number of hydrogen-bond acceptors (Lipinski definition) is 5. The lowest BCUT2D eigenvalue weighted by Crippen LogP contribution is -2.40. The molecule has 1 atom stereocenters. The van der Waals surface area contributed by atoms with Gasteiger partial charge in [-0.05, 0) is 42.9 Å². The molecule has 1 unspecified atom stereocenters. The Kier molecular flexibility index (Phi) is 4.69. The Labute approximate surface area is 158 Å². The molecule has 0 aliphatic carbocycles. The summed E-state index contributed by atoms with van der Waals surface area (Å²) < 4.78 is 34.0. The molecule has 140 valence electrons. The Morgan fingerprint density at radius 2 is 2.04 bits per heavy atom. The number of fused-ring (bicyclic) bond motifs is 1. The van der Waals surface area contributed by atoms with E-state index >= 15 is 0 Å². The largest absolute Gasteiger partial charge is 0.381 e. The number of nitrogens with zero attached hydrogens (tertiary/aromatic N) is 2. The van der Waals surface area contributed by atoms with Crippen LogP contribution in [0, 0.1) is 11.3 Å². The zero-order chi connectivity index (χ0) is 18.4. The maximum Gasteiger partial charge on any atom is 0.243 e. The number of aromatic nitrogens is 1. The molecule has 2 fully saturated rings. The number of benzene rings is 1. The van der Waals surface area contributed by atoms with Gasteiger partial charge in [-0.1, -0.05) is 23.7 Å².